The first kappa shape index (κ1) is 9.43. The molecule has 80 valence electrons. The quantitative estimate of drug-likeness (QED) is 0.702. The number of anilines is 2. The van der Waals surface area contributed by atoms with Gasteiger partial charge in [0.2, 0.25) is 0 Å². The Bertz CT molecular complexity index is 522. The lowest BCUT2D eigenvalue weighted by Gasteiger charge is -2.10. The van der Waals surface area contributed by atoms with Crippen LogP contribution in [0, 0.1) is 0 Å². The molecule has 1 heterocycles. The Hall–Kier alpha value is -1.80. The van der Waals surface area contributed by atoms with Gasteiger partial charge < -0.3 is 10.4 Å². The molecule has 0 saturated carbocycles. The van der Waals surface area contributed by atoms with E-state index in [1.54, 1.807) is 0 Å². The highest BCUT2D eigenvalue weighted by Crippen LogP contribution is 2.34. The van der Waals surface area contributed by atoms with Gasteiger partial charge in [0, 0.05) is 23.4 Å². The van der Waals surface area contributed by atoms with Crippen molar-refractivity contribution >= 4 is 11.4 Å². The number of fused-ring (bicyclic) bond motifs is 2. The number of para-hydroxylation sites is 2. The predicted octanol–water partition coefficient (Wildman–Crippen LogP) is 3.02. The van der Waals surface area contributed by atoms with Crippen molar-refractivity contribution in [3.05, 3.63) is 59.7 Å². The molecule has 0 saturated heterocycles. The van der Waals surface area contributed by atoms with E-state index in [4.69, 9.17) is 0 Å². The topological polar surface area (TPSA) is 32.3 Å². The summed E-state index contributed by atoms with van der Waals surface area (Å²) < 4.78 is 0. The molecule has 0 unspecified atom stereocenters. The van der Waals surface area contributed by atoms with Gasteiger partial charge in [-0.05, 0) is 17.7 Å². The van der Waals surface area contributed by atoms with Crippen molar-refractivity contribution in [3.8, 4) is 0 Å². The van der Waals surface area contributed by atoms with E-state index < -0.39 is 6.10 Å². The van der Waals surface area contributed by atoms with E-state index in [-0.39, 0.29) is 0 Å². The van der Waals surface area contributed by atoms with Crippen LogP contribution in [0.25, 0.3) is 0 Å². The molecular weight excluding hydrogens is 198 g/mol. The minimum Gasteiger partial charge on any atom is -0.388 e. The van der Waals surface area contributed by atoms with E-state index in [1.807, 2.05) is 42.5 Å². The molecule has 1 aliphatic heterocycles. The molecule has 0 spiro atoms. The summed E-state index contributed by atoms with van der Waals surface area (Å²) in [5.74, 6) is 0. The molecule has 2 nitrogen and oxygen atoms in total. The van der Waals surface area contributed by atoms with Gasteiger partial charge in [0.25, 0.3) is 0 Å². The molecule has 0 fully saturated rings. The van der Waals surface area contributed by atoms with Crippen molar-refractivity contribution in [3.63, 3.8) is 0 Å². The molecule has 1 aliphatic rings. The van der Waals surface area contributed by atoms with E-state index in [1.165, 1.54) is 0 Å². The van der Waals surface area contributed by atoms with Crippen LogP contribution in [0.15, 0.2) is 48.5 Å². The van der Waals surface area contributed by atoms with Gasteiger partial charge in [-0.25, -0.2) is 0 Å². The Morgan fingerprint density at radius 1 is 0.938 bits per heavy atom. The number of hydrogen-bond donors (Lipinski definition) is 2. The standard InChI is InChI=1S/C14H13NO/c16-14-9-10-5-1-3-7-12(10)15-13-8-4-2-6-11(13)14/h1-8,14-16H,9H2/t14-/m1/s1. The maximum Gasteiger partial charge on any atom is 0.0851 e. The maximum atomic E-state index is 10.1. The first-order valence-electron chi connectivity index (χ1n) is 5.46. The Morgan fingerprint density at radius 3 is 2.50 bits per heavy atom. The number of aliphatic hydroxyl groups excluding tert-OH is 1. The number of rotatable bonds is 0. The highest BCUT2D eigenvalue weighted by atomic mass is 16.3. The molecule has 0 bridgehead atoms. The molecule has 0 aliphatic carbocycles. The lowest BCUT2D eigenvalue weighted by atomic mass is 10.0. The summed E-state index contributed by atoms with van der Waals surface area (Å²) in [6.07, 6.45) is 0.243. The first-order chi connectivity index (χ1) is 7.84. The van der Waals surface area contributed by atoms with Crippen LogP contribution in [0.5, 0.6) is 0 Å². The van der Waals surface area contributed by atoms with Crippen LogP contribution in [-0.4, -0.2) is 5.11 Å². The highest BCUT2D eigenvalue weighted by Gasteiger charge is 2.18. The minimum absolute atomic E-state index is 0.424. The van der Waals surface area contributed by atoms with Crippen molar-refractivity contribution in [1.82, 2.24) is 0 Å². The molecule has 1 atom stereocenters. The summed E-state index contributed by atoms with van der Waals surface area (Å²) in [6.45, 7) is 0. The lowest BCUT2D eigenvalue weighted by Crippen LogP contribution is -1.99. The van der Waals surface area contributed by atoms with Gasteiger partial charge in [0.1, 0.15) is 0 Å². The second kappa shape index (κ2) is 3.65. The SMILES string of the molecule is O[C@@H]1Cc2ccccc2Nc2ccccc21. The highest BCUT2D eigenvalue weighted by molar-refractivity contribution is 5.68. The second-order valence-corrected chi connectivity index (χ2v) is 4.09. The van der Waals surface area contributed by atoms with Crippen LogP contribution in [0.2, 0.25) is 0 Å². The molecule has 0 aromatic heterocycles. The molecule has 2 heteroatoms. The summed E-state index contributed by atoms with van der Waals surface area (Å²) in [6, 6.07) is 16.0. The fraction of sp³-hybridized carbons (Fsp3) is 0.143. The van der Waals surface area contributed by atoms with Gasteiger partial charge in [-0.2, -0.15) is 0 Å². The fourth-order valence-electron chi connectivity index (χ4n) is 2.19. The summed E-state index contributed by atoms with van der Waals surface area (Å²) in [7, 11) is 0. The van der Waals surface area contributed by atoms with E-state index in [0.717, 1.165) is 22.5 Å². The molecule has 0 radical (unpaired) electrons. The molecule has 16 heavy (non-hydrogen) atoms. The predicted molar refractivity (Wildman–Crippen MR) is 64.8 cm³/mol. The van der Waals surface area contributed by atoms with Gasteiger partial charge in [-0.1, -0.05) is 36.4 Å². The summed E-state index contributed by atoms with van der Waals surface area (Å²) in [4.78, 5) is 0. The largest absolute Gasteiger partial charge is 0.388 e. The van der Waals surface area contributed by atoms with Crippen LogP contribution in [0.4, 0.5) is 11.4 Å². The third kappa shape index (κ3) is 1.48. The third-order valence-electron chi connectivity index (χ3n) is 3.02. The number of benzene rings is 2. The number of nitrogens with one attached hydrogen (secondary N) is 1. The second-order valence-electron chi connectivity index (χ2n) is 4.09. The van der Waals surface area contributed by atoms with Crippen LogP contribution in [-0.2, 0) is 6.42 Å². The van der Waals surface area contributed by atoms with Crippen molar-refractivity contribution in [1.29, 1.82) is 0 Å². The summed E-state index contributed by atoms with van der Waals surface area (Å²) in [5.41, 5.74) is 4.22. The van der Waals surface area contributed by atoms with Crippen molar-refractivity contribution in [2.75, 3.05) is 5.32 Å². The number of aliphatic hydroxyl groups is 1. The monoisotopic (exact) mass is 211 g/mol. The molecule has 2 aromatic carbocycles. The summed E-state index contributed by atoms with van der Waals surface area (Å²) in [5, 5.41) is 13.5. The third-order valence-corrected chi connectivity index (χ3v) is 3.02. The average molecular weight is 211 g/mol. The zero-order valence-electron chi connectivity index (χ0n) is 8.85. The van der Waals surface area contributed by atoms with Crippen LogP contribution in [0.3, 0.4) is 0 Å². The molecule has 0 amide bonds. The Kier molecular flexibility index (Phi) is 2.15. The van der Waals surface area contributed by atoms with E-state index in [9.17, 15) is 5.11 Å². The Balaban J connectivity index is 2.15. The maximum absolute atomic E-state index is 10.1. The fourth-order valence-corrected chi connectivity index (χ4v) is 2.19. The van der Waals surface area contributed by atoms with Gasteiger partial charge in [0.05, 0.1) is 6.10 Å². The van der Waals surface area contributed by atoms with Gasteiger partial charge in [-0.15, -0.1) is 0 Å². The van der Waals surface area contributed by atoms with Crippen molar-refractivity contribution in [2.45, 2.75) is 12.5 Å². The van der Waals surface area contributed by atoms with Crippen LogP contribution >= 0.6 is 0 Å². The Labute approximate surface area is 94.6 Å². The van der Waals surface area contributed by atoms with E-state index in [2.05, 4.69) is 11.4 Å². The van der Waals surface area contributed by atoms with E-state index in [0.29, 0.717) is 6.42 Å². The molecule has 2 aromatic rings. The van der Waals surface area contributed by atoms with Crippen molar-refractivity contribution in [2.24, 2.45) is 0 Å². The number of hydrogen-bond acceptors (Lipinski definition) is 2. The first-order valence-corrected chi connectivity index (χ1v) is 5.46. The van der Waals surface area contributed by atoms with Crippen LogP contribution < -0.4 is 5.32 Å². The van der Waals surface area contributed by atoms with Crippen LogP contribution in [0.1, 0.15) is 17.2 Å². The van der Waals surface area contributed by atoms with Gasteiger partial charge in [0.15, 0.2) is 0 Å². The van der Waals surface area contributed by atoms with Gasteiger partial charge in [-0.3, -0.25) is 0 Å². The minimum atomic E-state index is -0.424. The Morgan fingerprint density at radius 2 is 1.62 bits per heavy atom. The van der Waals surface area contributed by atoms with Crippen molar-refractivity contribution < 1.29 is 5.11 Å². The lowest BCUT2D eigenvalue weighted by molar-refractivity contribution is 0.180. The zero-order valence-corrected chi connectivity index (χ0v) is 8.85. The molecule has 2 N–H and O–H groups in total. The smallest absolute Gasteiger partial charge is 0.0851 e. The van der Waals surface area contributed by atoms with Gasteiger partial charge >= 0.3 is 0 Å². The molecule has 3 rings (SSSR count). The molecular formula is C14H13NO. The average Bonchev–Trinajstić information content (AvgIpc) is 2.45. The summed E-state index contributed by atoms with van der Waals surface area (Å²) >= 11 is 0. The van der Waals surface area contributed by atoms with E-state index >= 15 is 0 Å². The zero-order chi connectivity index (χ0) is 11.0. The normalized spacial score (nSPS) is 17.9.